The molecule has 0 spiro atoms. The number of fused-ring (bicyclic) bond motifs is 1. The van der Waals surface area contributed by atoms with Gasteiger partial charge >= 0.3 is 0 Å². The van der Waals surface area contributed by atoms with Gasteiger partial charge in [-0.2, -0.15) is 5.10 Å². The summed E-state index contributed by atoms with van der Waals surface area (Å²) in [5, 5.41) is 8.05. The van der Waals surface area contributed by atoms with E-state index >= 15 is 0 Å². The molecule has 2 aliphatic rings. The van der Waals surface area contributed by atoms with Crippen molar-refractivity contribution in [1.29, 1.82) is 0 Å². The maximum atomic E-state index is 5.85. The lowest BCUT2D eigenvalue weighted by Gasteiger charge is -2.14. The van der Waals surface area contributed by atoms with Gasteiger partial charge in [0.05, 0.1) is 17.4 Å². The van der Waals surface area contributed by atoms with Gasteiger partial charge in [0.2, 0.25) is 0 Å². The van der Waals surface area contributed by atoms with E-state index in [4.69, 9.17) is 10.8 Å². The van der Waals surface area contributed by atoms with Crippen molar-refractivity contribution in [2.45, 2.75) is 51.4 Å². The van der Waals surface area contributed by atoms with Gasteiger partial charge in [0.25, 0.3) is 0 Å². The standard InChI is InChI=1S/C11H18N4/c12-5-11-9-6-13-7-10(9)14-15(11)8-3-1-2-4-8/h8,13H,1-7,12H2. The molecule has 0 amide bonds. The van der Waals surface area contributed by atoms with Crippen LogP contribution >= 0.6 is 0 Å². The Morgan fingerprint density at radius 3 is 2.87 bits per heavy atom. The van der Waals surface area contributed by atoms with Crippen LogP contribution in [0.5, 0.6) is 0 Å². The highest BCUT2D eigenvalue weighted by Gasteiger charge is 2.26. The Balaban J connectivity index is 1.99. The van der Waals surface area contributed by atoms with Crippen molar-refractivity contribution >= 4 is 0 Å². The minimum atomic E-state index is 0.620. The second-order valence-corrected chi connectivity index (χ2v) is 4.56. The zero-order valence-electron chi connectivity index (χ0n) is 9.00. The van der Waals surface area contributed by atoms with E-state index in [2.05, 4.69) is 10.00 Å². The second kappa shape index (κ2) is 3.61. The van der Waals surface area contributed by atoms with Gasteiger partial charge in [-0.25, -0.2) is 0 Å². The second-order valence-electron chi connectivity index (χ2n) is 4.56. The summed E-state index contributed by atoms with van der Waals surface area (Å²) in [6, 6.07) is 0.620. The van der Waals surface area contributed by atoms with Crippen LogP contribution in [-0.4, -0.2) is 9.78 Å². The lowest BCUT2D eigenvalue weighted by atomic mass is 10.2. The smallest absolute Gasteiger partial charge is 0.0811 e. The normalized spacial score (nSPS) is 21.1. The Morgan fingerprint density at radius 2 is 2.13 bits per heavy atom. The first-order valence-electron chi connectivity index (χ1n) is 5.90. The topological polar surface area (TPSA) is 55.9 Å². The molecule has 1 aliphatic heterocycles. The minimum Gasteiger partial charge on any atom is -0.325 e. The van der Waals surface area contributed by atoms with Crippen LogP contribution in [0, 0.1) is 0 Å². The van der Waals surface area contributed by atoms with Crippen LogP contribution in [0.3, 0.4) is 0 Å². The van der Waals surface area contributed by atoms with Gasteiger partial charge in [0, 0.05) is 25.2 Å². The molecule has 0 bridgehead atoms. The first-order valence-corrected chi connectivity index (χ1v) is 5.90. The fourth-order valence-electron chi connectivity index (χ4n) is 2.88. The van der Waals surface area contributed by atoms with Crippen molar-refractivity contribution in [3.05, 3.63) is 17.0 Å². The molecule has 15 heavy (non-hydrogen) atoms. The van der Waals surface area contributed by atoms with Crippen LogP contribution < -0.4 is 11.1 Å². The van der Waals surface area contributed by atoms with Gasteiger partial charge in [-0.15, -0.1) is 0 Å². The molecule has 3 N–H and O–H groups in total. The molecular weight excluding hydrogens is 188 g/mol. The van der Waals surface area contributed by atoms with Crippen LogP contribution in [0.2, 0.25) is 0 Å². The van der Waals surface area contributed by atoms with Crippen molar-refractivity contribution in [1.82, 2.24) is 15.1 Å². The van der Waals surface area contributed by atoms with Crippen LogP contribution in [0.1, 0.15) is 48.7 Å². The lowest BCUT2D eigenvalue weighted by molar-refractivity contribution is 0.442. The SMILES string of the molecule is NCc1c2c(nn1C1CCCC1)CNC2. The van der Waals surface area contributed by atoms with Crippen molar-refractivity contribution in [3.8, 4) is 0 Å². The molecule has 2 heterocycles. The van der Waals surface area contributed by atoms with Crippen molar-refractivity contribution in [2.75, 3.05) is 0 Å². The number of rotatable bonds is 2. The molecule has 82 valence electrons. The summed E-state index contributed by atoms with van der Waals surface area (Å²) in [4.78, 5) is 0. The molecule has 0 radical (unpaired) electrons. The predicted octanol–water partition coefficient (Wildman–Crippen LogP) is 1.06. The molecule has 3 rings (SSSR count). The summed E-state index contributed by atoms with van der Waals surface area (Å²) in [5.41, 5.74) is 9.70. The quantitative estimate of drug-likeness (QED) is 0.760. The van der Waals surface area contributed by atoms with E-state index in [1.807, 2.05) is 0 Å². The third-order valence-electron chi connectivity index (χ3n) is 3.66. The Labute approximate surface area is 89.8 Å². The number of aromatic nitrogens is 2. The van der Waals surface area contributed by atoms with E-state index in [0.717, 1.165) is 13.1 Å². The highest BCUT2D eigenvalue weighted by molar-refractivity contribution is 5.30. The highest BCUT2D eigenvalue weighted by Crippen LogP contribution is 2.32. The fraction of sp³-hybridized carbons (Fsp3) is 0.727. The van der Waals surface area contributed by atoms with E-state index in [-0.39, 0.29) is 0 Å². The Kier molecular flexibility index (Phi) is 2.25. The van der Waals surface area contributed by atoms with Crippen molar-refractivity contribution in [2.24, 2.45) is 5.73 Å². The summed E-state index contributed by atoms with van der Waals surface area (Å²) in [6.07, 6.45) is 5.25. The highest BCUT2D eigenvalue weighted by atomic mass is 15.3. The summed E-state index contributed by atoms with van der Waals surface area (Å²) < 4.78 is 2.22. The molecule has 0 aromatic carbocycles. The van der Waals surface area contributed by atoms with Gasteiger partial charge in [0.1, 0.15) is 0 Å². The molecule has 0 unspecified atom stereocenters. The van der Waals surface area contributed by atoms with Gasteiger partial charge in [0.15, 0.2) is 0 Å². The number of hydrogen-bond donors (Lipinski definition) is 2. The molecule has 4 heteroatoms. The zero-order chi connectivity index (χ0) is 10.3. The summed E-state index contributed by atoms with van der Waals surface area (Å²) in [7, 11) is 0. The molecule has 4 nitrogen and oxygen atoms in total. The fourth-order valence-corrected chi connectivity index (χ4v) is 2.88. The van der Waals surface area contributed by atoms with Crippen LogP contribution in [-0.2, 0) is 19.6 Å². The molecule has 0 saturated heterocycles. The lowest BCUT2D eigenvalue weighted by Crippen LogP contribution is -2.16. The third-order valence-corrected chi connectivity index (χ3v) is 3.66. The first-order chi connectivity index (χ1) is 7.40. The molecule has 1 aliphatic carbocycles. The number of hydrogen-bond acceptors (Lipinski definition) is 3. The first kappa shape index (κ1) is 9.36. The summed E-state index contributed by atoms with van der Waals surface area (Å²) in [6.45, 7) is 2.50. The van der Waals surface area contributed by atoms with Crippen molar-refractivity contribution in [3.63, 3.8) is 0 Å². The molecule has 1 saturated carbocycles. The minimum absolute atomic E-state index is 0.620. The Morgan fingerprint density at radius 1 is 1.33 bits per heavy atom. The zero-order valence-corrected chi connectivity index (χ0v) is 9.00. The van der Waals surface area contributed by atoms with Gasteiger partial charge in [-0.3, -0.25) is 4.68 Å². The molecule has 1 aromatic rings. The molecule has 0 atom stereocenters. The Hall–Kier alpha value is -0.870. The van der Waals surface area contributed by atoms with Gasteiger partial charge in [-0.1, -0.05) is 12.8 Å². The van der Waals surface area contributed by atoms with Crippen LogP contribution in [0.4, 0.5) is 0 Å². The predicted molar refractivity (Wildman–Crippen MR) is 58.2 cm³/mol. The van der Waals surface area contributed by atoms with E-state index in [0.29, 0.717) is 12.6 Å². The molecule has 1 aromatic heterocycles. The average Bonchev–Trinajstić information content (AvgIpc) is 2.93. The van der Waals surface area contributed by atoms with E-state index in [9.17, 15) is 0 Å². The Bertz CT molecular complexity index is 363. The maximum absolute atomic E-state index is 5.85. The van der Waals surface area contributed by atoms with E-state index in [1.165, 1.54) is 42.6 Å². The number of nitrogens with zero attached hydrogens (tertiary/aromatic N) is 2. The van der Waals surface area contributed by atoms with E-state index in [1.54, 1.807) is 0 Å². The number of nitrogens with one attached hydrogen (secondary N) is 1. The maximum Gasteiger partial charge on any atom is 0.0811 e. The largest absolute Gasteiger partial charge is 0.325 e. The van der Waals surface area contributed by atoms with Crippen molar-refractivity contribution < 1.29 is 0 Å². The van der Waals surface area contributed by atoms with E-state index < -0.39 is 0 Å². The molecule has 1 fully saturated rings. The average molecular weight is 206 g/mol. The van der Waals surface area contributed by atoms with Gasteiger partial charge < -0.3 is 11.1 Å². The monoisotopic (exact) mass is 206 g/mol. The third kappa shape index (κ3) is 1.40. The van der Waals surface area contributed by atoms with Crippen LogP contribution in [0.15, 0.2) is 0 Å². The summed E-state index contributed by atoms with van der Waals surface area (Å²) >= 11 is 0. The number of nitrogens with two attached hydrogens (primary N) is 1. The van der Waals surface area contributed by atoms with Crippen LogP contribution in [0.25, 0.3) is 0 Å². The summed E-state index contributed by atoms with van der Waals surface area (Å²) in [5.74, 6) is 0. The molecular formula is C11H18N4. The van der Waals surface area contributed by atoms with Gasteiger partial charge in [-0.05, 0) is 12.8 Å².